The van der Waals surface area contributed by atoms with Crippen molar-refractivity contribution < 1.29 is 4.42 Å². The van der Waals surface area contributed by atoms with E-state index in [9.17, 15) is 0 Å². The fourth-order valence-corrected chi connectivity index (χ4v) is 11.5. The fourth-order valence-electron chi connectivity index (χ4n) is 11.5. The Balaban J connectivity index is 0.940. The first kappa shape index (κ1) is 34.6. The van der Waals surface area contributed by atoms with Gasteiger partial charge in [-0.15, -0.1) is 0 Å². The SMILES string of the molecule is CC1(C)c2ccccc2-c2cc(-c3c4ccccc4c(-c4ccc(-c5ccc6ccc7c(oc8ccc9c(c87)-c7ccccc7C9(C)C)c6c5)cc4)c4ccccc34)ccc21. The molecule has 2 aliphatic rings. The molecule has 0 fully saturated rings. The highest BCUT2D eigenvalue weighted by atomic mass is 16.3. The second kappa shape index (κ2) is 12.2. The van der Waals surface area contributed by atoms with E-state index in [2.05, 4.69) is 210 Å². The molecule has 1 aromatic heterocycles. The van der Waals surface area contributed by atoms with Gasteiger partial charge in [0.25, 0.3) is 0 Å². The molecule has 0 amide bonds. The maximum Gasteiger partial charge on any atom is 0.143 e. The number of benzene rings is 10. The molecule has 0 bridgehead atoms. The van der Waals surface area contributed by atoms with Crippen LogP contribution in [-0.2, 0) is 10.8 Å². The Hall–Kier alpha value is -7.22. The Morgan fingerprint density at radius 3 is 1.54 bits per heavy atom. The number of rotatable bonds is 3. The van der Waals surface area contributed by atoms with Crippen molar-refractivity contribution in [2.24, 2.45) is 0 Å². The zero-order valence-corrected chi connectivity index (χ0v) is 34.7. The quantitative estimate of drug-likeness (QED) is 0.163. The van der Waals surface area contributed by atoms with Crippen LogP contribution in [0.3, 0.4) is 0 Å². The number of fused-ring (bicyclic) bond motifs is 14. The molecule has 0 saturated heterocycles. The van der Waals surface area contributed by atoms with Gasteiger partial charge >= 0.3 is 0 Å². The lowest BCUT2D eigenvalue weighted by atomic mass is 9.81. The van der Waals surface area contributed by atoms with E-state index in [1.807, 2.05) is 0 Å². The highest BCUT2D eigenvalue weighted by Crippen LogP contribution is 2.54. The van der Waals surface area contributed by atoms with E-state index in [0.29, 0.717) is 0 Å². The van der Waals surface area contributed by atoms with Gasteiger partial charge in [0.15, 0.2) is 0 Å². The van der Waals surface area contributed by atoms with Crippen LogP contribution >= 0.6 is 0 Å². The first-order chi connectivity index (χ1) is 29.8. The lowest BCUT2D eigenvalue weighted by Crippen LogP contribution is -2.14. The van der Waals surface area contributed by atoms with Crippen molar-refractivity contribution in [1.29, 1.82) is 0 Å². The molecule has 61 heavy (non-hydrogen) atoms. The van der Waals surface area contributed by atoms with Crippen molar-refractivity contribution in [3.8, 4) is 55.6 Å². The molecule has 1 heterocycles. The van der Waals surface area contributed by atoms with Crippen LogP contribution in [0.4, 0.5) is 0 Å². The van der Waals surface area contributed by atoms with Gasteiger partial charge in [-0.05, 0) is 129 Å². The largest absolute Gasteiger partial charge is 0.455 e. The van der Waals surface area contributed by atoms with Crippen LogP contribution in [0, 0.1) is 0 Å². The summed E-state index contributed by atoms with van der Waals surface area (Å²) in [6.07, 6.45) is 0. The second-order valence-electron chi connectivity index (χ2n) is 18.4. The van der Waals surface area contributed by atoms with Crippen molar-refractivity contribution in [1.82, 2.24) is 0 Å². The summed E-state index contributed by atoms with van der Waals surface area (Å²) in [6, 6.07) is 67.9. The highest BCUT2D eigenvalue weighted by molar-refractivity contribution is 6.23. The first-order valence-electron chi connectivity index (χ1n) is 21.6. The summed E-state index contributed by atoms with van der Waals surface area (Å²) in [5.74, 6) is 0. The number of hydrogen-bond acceptors (Lipinski definition) is 1. The van der Waals surface area contributed by atoms with Crippen molar-refractivity contribution in [3.05, 3.63) is 204 Å². The highest BCUT2D eigenvalue weighted by Gasteiger charge is 2.38. The van der Waals surface area contributed by atoms with Crippen molar-refractivity contribution in [3.63, 3.8) is 0 Å². The van der Waals surface area contributed by atoms with E-state index < -0.39 is 0 Å². The molecule has 0 N–H and O–H groups in total. The maximum atomic E-state index is 6.81. The third-order valence-electron chi connectivity index (χ3n) is 14.5. The lowest BCUT2D eigenvalue weighted by Gasteiger charge is -2.22. The van der Waals surface area contributed by atoms with Crippen LogP contribution in [0.5, 0.6) is 0 Å². The first-order valence-corrected chi connectivity index (χ1v) is 21.6. The van der Waals surface area contributed by atoms with E-state index >= 15 is 0 Å². The van der Waals surface area contributed by atoms with Crippen molar-refractivity contribution >= 4 is 54.3 Å². The van der Waals surface area contributed by atoms with Gasteiger partial charge in [0.05, 0.1) is 0 Å². The van der Waals surface area contributed by atoms with Crippen molar-refractivity contribution in [2.45, 2.75) is 38.5 Å². The summed E-state index contributed by atoms with van der Waals surface area (Å²) in [6.45, 7) is 9.39. The van der Waals surface area contributed by atoms with Crippen LogP contribution in [0.1, 0.15) is 49.9 Å². The van der Waals surface area contributed by atoms with E-state index in [0.717, 1.165) is 16.6 Å². The molecule has 13 rings (SSSR count). The molecule has 1 nitrogen and oxygen atoms in total. The average Bonchev–Trinajstić information content (AvgIpc) is 3.88. The predicted octanol–water partition coefficient (Wildman–Crippen LogP) is 16.7. The molecule has 0 radical (unpaired) electrons. The van der Waals surface area contributed by atoms with Gasteiger partial charge < -0.3 is 4.42 Å². The van der Waals surface area contributed by atoms with Crippen LogP contribution in [0.2, 0.25) is 0 Å². The van der Waals surface area contributed by atoms with Gasteiger partial charge in [-0.3, -0.25) is 0 Å². The summed E-state index contributed by atoms with van der Waals surface area (Å²) in [5, 5.41) is 9.79. The summed E-state index contributed by atoms with van der Waals surface area (Å²) in [4.78, 5) is 0. The average molecular weight is 779 g/mol. The van der Waals surface area contributed by atoms with Crippen molar-refractivity contribution in [2.75, 3.05) is 0 Å². The van der Waals surface area contributed by atoms with Gasteiger partial charge in [0.1, 0.15) is 11.2 Å². The monoisotopic (exact) mass is 778 g/mol. The van der Waals surface area contributed by atoms with Gasteiger partial charge in [0.2, 0.25) is 0 Å². The second-order valence-corrected chi connectivity index (χ2v) is 18.4. The molecule has 0 saturated carbocycles. The topological polar surface area (TPSA) is 13.1 Å². The Bertz CT molecular complexity index is 3630. The Morgan fingerprint density at radius 1 is 0.328 bits per heavy atom. The predicted molar refractivity (Wildman–Crippen MR) is 258 cm³/mol. The number of furan rings is 1. The van der Waals surface area contributed by atoms with E-state index in [1.54, 1.807) is 0 Å². The van der Waals surface area contributed by atoms with E-state index in [4.69, 9.17) is 4.42 Å². The van der Waals surface area contributed by atoms with Crippen LogP contribution in [0.25, 0.3) is 110 Å². The van der Waals surface area contributed by atoms with Crippen LogP contribution < -0.4 is 0 Å². The summed E-state index contributed by atoms with van der Waals surface area (Å²) < 4.78 is 6.81. The van der Waals surface area contributed by atoms with E-state index in [-0.39, 0.29) is 10.8 Å². The molecule has 10 aromatic carbocycles. The van der Waals surface area contributed by atoms with E-state index in [1.165, 1.54) is 116 Å². The fraction of sp³-hybridized carbons (Fsp3) is 0.100. The van der Waals surface area contributed by atoms with Gasteiger partial charge in [-0.25, -0.2) is 0 Å². The minimum absolute atomic E-state index is 0.0255. The molecule has 288 valence electrons. The Kier molecular flexibility index (Phi) is 6.91. The van der Waals surface area contributed by atoms with Gasteiger partial charge in [-0.2, -0.15) is 0 Å². The third kappa shape index (κ3) is 4.67. The normalized spacial score (nSPS) is 14.5. The minimum Gasteiger partial charge on any atom is -0.455 e. The molecule has 1 heteroatoms. The zero-order chi connectivity index (χ0) is 40.8. The molecule has 0 aliphatic heterocycles. The van der Waals surface area contributed by atoms with Gasteiger partial charge in [-0.1, -0.05) is 185 Å². The molecule has 11 aromatic rings. The molecule has 0 spiro atoms. The summed E-state index contributed by atoms with van der Waals surface area (Å²) >= 11 is 0. The maximum absolute atomic E-state index is 6.81. The summed E-state index contributed by atoms with van der Waals surface area (Å²) in [5.41, 5.74) is 20.1. The molecular weight excluding hydrogens is 737 g/mol. The lowest BCUT2D eigenvalue weighted by molar-refractivity contribution is 0.657. The van der Waals surface area contributed by atoms with Crippen LogP contribution in [0.15, 0.2) is 186 Å². The Labute approximate surface area is 355 Å². The molecular formula is C60H42O. The zero-order valence-electron chi connectivity index (χ0n) is 34.7. The van der Waals surface area contributed by atoms with Gasteiger partial charge in [0, 0.05) is 27.0 Å². The third-order valence-corrected chi connectivity index (χ3v) is 14.5. The molecule has 2 aliphatic carbocycles. The summed E-state index contributed by atoms with van der Waals surface area (Å²) in [7, 11) is 0. The number of hydrogen-bond donors (Lipinski definition) is 0. The molecule has 0 atom stereocenters. The Morgan fingerprint density at radius 2 is 0.836 bits per heavy atom. The minimum atomic E-state index is -0.0619. The molecule has 0 unspecified atom stereocenters. The smallest absolute Gasteiger partial charge is 0.143 e. The standard InChI is InChI=1S/C60H42O/c1-59(2)49-19-11-9-13-40(49)48-34-39(28-30-51(48)59)55-43-16-7-5-14-41(43)54(42-15-6-8-17-44(42)55)37-24-21-35(22-25-37)38-26-23-36-27-29-46-57-53(61-58(46)47(36)33-38)32-31-52-56(57)45-18-10-12-20-50(45)60(52,3)4/h5-34H,1-4H3. The van der Waals surface area contributed by atoms with Crippen LogP contribution in [-0.4, -0.2) is 0 Å².